The molecule has 0 unspecified atom stereocenters. The molecular formula is C16H23FN2. The fraction of sp³-hybridized carbons (Fsp3) is 0.625. The van der Waals surface area contributed by atoms with Gasteiger partial charge in [0.15, 0.2) is 0 Å². The van der Waals surface area contributed by atoms with Gasteiger partial charge < -0.3 is 10.2 Å². The Morgan fingerprint density at radius 3 is 2.37 bits per heavy atom. The first-order valence-corrected chi connectivity index (χ1v) is 7.35. The Morgan fingerprint density at radius 2 is 1.89 bits per heavy atom. The van der Waals surface area contributed by atoms with Crippen molar-refractivity contribution in [3.05, 3.63) is 29.6 Å². The standard InChI is InChI=1S/C16H23FN2/c1-12(2)14-4-3-13(9-15(14)17)19-7-5-16(6-8-19)10-18-11-16/h3-4,9,12,18H,5-8,10-11H2,1-2H3. The van der Waals surface area contributed by atoms with Gasteiger partial charge in [-0.2, -0.15) is 0 Å². The Labute approximate surface area is 115 Å². The third kappa shape index (κ3) is 2.36. The third-order valence-corrected chi connectivity index (χ3v) is 4.80. The number of piperidine rings is 1. The predicted octanol–water partition coefficient (Wildman–Crippen LogP) is 3.14. The van der Waals surface area contributed by atoms with Gasteiger partial charge in [-0.05, 0) is 41.9 Å². The molecule has 2 aliphatic rings. The Balaban J connectivity index is 1.71. The van der Waals surface area contributed by atoms with Crippen LogP contribution in [-0.2, 0) is 0 Å². The number of rotatable bonds is 2. The molecule has 0 radical (unpaired) electrons. The SMILES string of the molecule is CC(C)c1ccc(N2CCC3(CC2)CNC3)cc1F. The van der Waals surface area contributed by atoms with Gasteiger partial charge >= 0.3 is 0 Å². The Morgan fingerprint density at radius 1 is 1.21 bits per heavy atom. The van der Waals surface area contributed by atoms with Gasteiger partial charge in [0.2, 0.25) is 0 Å². The summed E-state index contributed by atoms with van der Waals surface area (Å²) in [6.45, 7) is 8.52. The Bertz CT molecular complexity index is 456. The number of hydrogen-bond donors (Lipinski definition) is 1. The van der Waals surface area contributed by atoms with Gasteiger partial charge in [-0.15, -0.1) is 0 Å². The molecule has 1 aromatic rings. The summed E-state index contributed by atoms with van der Waals surface area (Å²) < 4.78 is 14.0. The van der Waals surface area contributed by atoms with Crippen molar-refractivity contribution in [1.82, 2.24) is 5.32 Å². The Kier molecular flexibility index (Phi) is 3.25. The number of hydrogen-bond acceptors (Lipinski definition) is 2. The van der Waals surface area contributed by atoms with Crippen LogP contribution < -0.4 is 10.2 Å². The van der Waals surface area contributed by atoms with Crippen molar-refractivity contribution in [2.75, 3.05) is 31.1 Å². The van der Waals surface area contributed by atoms with Crippen molar-refractivity contribution >= 4 is 5.69 Å². The molecule has 0 bridgehead atoms. The van der Waals surface area contributed by atoms with E-state index in [9.17, 15) is 4.39 Å². The molecule has 0 saturated carbocycles. The van der Waals surface area contributed by atoms with Gasteiger partial charge in [0.05, 0.1) is 0 Å². The van der Waals surface area contributed by atoms with Crippen LogP contribution in [-0.4, -0.2) is 26.2 Å². The van der Waals surface area contributed by atoms with E-state index in [-0.39, 0.29) is 11.7 Å². The van der Waals surface area contributed by atoms with Crippen molar-refractivity contribution in [3.63, 3.8) is 0 Å². The van der Waals surface area contributed by atoms with Gasteiger partial charge in [0, 0.05) is 31.9 Å². The van der Waals surface area contributed by atoms with E-state index in [1.807, 2.05) is 19.9 Å². The van der Waals surface area contributed by atoms with E-state index < -0.39 is 0 Å². The first kappa shape index (κ1) is 12.9. The van der Waals surface area contributed by atoms with Crippen molar-refractivity contribution in [3.8, 4) is 0 Å². The second-order valence-electron chi connectivity index (χ2n) is 6.45. The van der Waals surface area contributed by atoms with Crippen LogP contribution in [0.25, 0.3) is 0 Å². The first-order chi connectivity index (χ1) is 9.10. The molecular weight excluding hydrogens is 239 g/mol. The fourth-order valence-corrected chi connectivity index (χ4v) is 3.25. The summed E-state index contributed by atoms with van der Waals surface area (Å²) in [5.41, 5.74) is 2.41. The summed E-state index contributed by atoms with van der Waals surface area (Å²) in [5, 5.41) is 3.38. The lowest BCUT2D eigenvalue weighted by atomic mass is 9.73. The molecule has 1 N–H and O–H groups in total. The van der Waals surface area contributed by atoms with Crippen LogP contribution in [0.1, 0.15) is 38.2 Å². The first-order valence-electron chi connectivity index (χ1n) is 7.35. The molecule has 0 aliphatic carbocycles. The maximum Gasteiger partial charge on any atom is 0.128 e. The van der Waals surface area contributed by atoms with E-state index in [1.165, 1.54) is 25.9 Å². The van der Waals surface area contributed by atoms with Crippen molar-refractivity contribution < 1.29 is 4.39 Å². The molecule has 2 aliphatic heterocycles. The molecule has 2 saturated heterocycles. The Hall–Kier alpha value is -1.09. The summed E-state index contributed by atoms with van der Waals surface area (Å²) in [6, 6.07) is 5.74. The molecule has 19 heavy (non-hydrogen) atoms. The van der Waals surface area contributed by atoms with Crippen molar-refractivity contribution in [2.24, 2.45) is 5.41 Å². The van der Waals surface area contributed by atoms with Gasteiger partial charge in [0.25, 0.3) is 0 Å². The molecule has 3 heteroatoms. The minimum absolute atomic E-state index is 0.0573. The highest BCUT2D eigenvalue weighted by molar-refractivity contribution is 5.49. The van der Waals surface area contributed by atoms with Crippen LogP contribution in [0.2, 0.25) is 0 Å². The molecule has 2 fully saturated rings. The molecule has 2 heterocycles. The quantitative estimate of drug-likeness (QED) is 0.881. The summed E-state index contributed by atoms with van der Waals surface area (Å²) in [7, 11) is 0. The maximum atomic E-state index is 14.0. The lowest BCUT2D eigenvalue weighted by Gasteiger charge is -2.49. The lowest BCUT2D eigenvalue weighted by molar-refractivity contribution is 0.126. The largest absolute Gasteiger partial charge is 0.371 e. The van der Waals surface area contributed by atoms with Crippen LogP contribution >= 0.6 is 0 Å². The van der Waals surface area contributed by atoms with E-state index in [0.717, 1.165) is 24.3 Å². The van der Waals surface area contributed by atoms with E-state index in [1.54, 1.807) is 6.07 Å². The number of halogens is 1. The van der Waals surface area contributed by atoms with Crippen LogP contribution in [0.5, 0.6) is 0 Å². The van der Waals surface area contributed by atoms with E-state index in [4.69, 9.17) is 0 Å². The van der Waals surface area contributed by atoms with Gasteiger partial charge in [-0.3, -0.25) is 0 Å². The minimum Gasteiger partial charge on any atom is -0.371 e. The summed E-state index contributed by atoms with van der Waals surface area (Å²) >= 11 is 0. The van der Waals surface area contributed by atoms with E-state index >= 15 is 0 Å². The minimum atomic E-state index is -0.0573. The summed E-state index contributed by atoms with van der Waals surface area (Å²) in [5.74, 6) is 0.192. The average Bonchev–Trinajstić information content (AvgIpc) is 2.36. The highest BCUT2D eigenvalue weighted by Crippen LogP contribution is 2.36. The molecule has 1 aromatic carbocycles. The molecule has 104 valence electrons. The third-order valence-electron chi connectivity index (χ3n) is 4.80. The zero-order valence-electron chi connectivity index (χ0n) is 11.9. The highest BCUT2D eigenvalue weighted by atomic mass is 19.1. The van der Waals surface area contributed by atoms with Crippen LogP contribution in [0, 0.1) is 11.2 Å². The number of nitrogens with zero attached hydrogens (tertiary/aromatic N) is 1. The van der Waals surface area contributed by atoms with Crippen molar-refractivity contribution in [1.29, 1.82) is 0 Å². The summed E-state index contributed by atoms with van der Waals surface area (Å²) in [4.78, 5) is 2.33. The number of nitrogens with one attached hydrogen (secondary N) is 1. The monoisotopic (exact) mass is 262 g/mol. The van der Waals surface area contributed by atoms with Crippen molar-refractivity contribution in [2.45, 2.75) is 32.6 Å². The number of benzene rings is 1. The normalized spacial score (nSPS) is 21.8. The second kappa shape index (κ2) is 4.78. The zero-order chi connectivity index (χ0) is 13.5. The van der Waals surface area contributed by atoms with Gasteiger partial charge in [0.1, 0.15) is 5.82 Å². The van der Waals surface area contributed by atoms with E-state index in [2.05, 4.69) is 16.3 Å². The smallest absolute Gasteiger partial charge is 0.128 e. The molecule has 3 rings (SSSR count). The van der Waals surface area contributed by atoms with Gasteiger partial charge in [-0.1, -0.05) is 19.9 Å². The topological polar surface area (TPSA) is 15.3 Å². The molecule has 2 nitrogen and oxygen atoms in total. The second-order valence-corrected chi connectivity index (χ2v) is 6.45. The number of anilines is 1. The lowest BCUT2D eigenvalue weighted by Crippen LogP contribution is -2.58. The van der Waals surface area contributed by atoms with E-state index in [0.29, 0.717) is 5.41 Å². The zero-order valence-corrected chi connectivity index (χ0v) is 11.9. The average molecular weight is 262 g/mol. The maximum absolute atomic E-state index is 14.0. The molecule has 1 spiro atoms. The highest BCUT2D eigenvalue weighted by Gasteiger charge is 2.39. The van der Waals surface area contributed by atoms with Crippen LogP contribution in [0.15, 0.2) is 18.2 Å². The predicted molar refractivity (Wildman–Crippen MR) is 77.2 cm³/mol. The van der Waals surface area contributed by atoms with Gasteiger partial charge in [-0.25, -0.2) is 4.39 Å². The van der Waals surface area contributed by atoms with Crippen LogP contribution in [0.3, 0.4) is 0 Å². The molecule has 0 aromatic heterocycles. The molecule has 0 amide bonds. The fourth-order valence-electron chi connectivity index (χ4n) is 3.25. The summed E-state index contributed by atoms with van der Waals surface area (Å²) in [6.07, 6.45) is 2.46. The van der Waals surface area contributed by atoms with Crippen LogP contribution in [0.4, 0.5) is 10.1 Å². The molecule has 0 atom stereocenters.